The van der Waals surface area contributed by atoms with Crippen molar-refractivity contribution in [3.8, 4) is 11.1 Å². The Morgan fingerprint density at radius 1 is 1.06 bits per heavy atom. The van der Waals surface area contributed by atoms with Gasteiger partial charge in [-0.1, -0.05) is 30.3 Å². The molecule has 0 bridgehead atoms. The fourth-order valence-corrected chi connectivity index (χ4v) is 4.91. The highest BCUT2D eigenvalue weighted by molar-refractivity contribution is 6.00. The normalized spacial score (nSPS) is 17.9. The summed E-state index contributed by atoms with van der Waals surface area (Å²) in [7, 11) is 0. The number of halogens is 1. The number of hydrogen-bond acceptors (Lipinski definition) is 3. The van der Waals surface area contributed by atoms with Gasteiger partial charge in [-0.2, -0.15) is 0 Å². The largest absolute Gasteiger partial charge is 0.333 e. The van der Waals surface area contributed by atoms with E-state index in [0.29, 0.717) is 18.7 Å². The molecule has 2 aliphatic rings. The molecule has 0 saturated carbocycles. The van der Waals surface area contributed by atoms with Crippen LogP contribution in [-0.4, -0.2) is 39.7 Å². The standard InChI is InChI=1S/C27H26FN3O2/c1-18-14-21(19-9-11-22(28)12-10-19)15-24(29-18)25-8-4-5-13-31(25)26(32)17-30-16-20-6-2-3-7-23(20)27(30)33/h2-3,6-7,9-12,14-15,25H,4-5,8,13,16-17H2,1H3. The van der Waals surface area contributed by atoms with Gasteiger partial charge in [0.2, 0.25) is 5.91 Å². The SMILES string of the molecule is Cc1cc(-c2ccc(F)cc2)cc(C2CCCCN2C(=O)CN2Cc3ccccc3C2=O)n1. The van der Waals surface area contributed by atoms with Crippen LogP contribution in [0.2, 0.25) is 0 Å². The molecule has 2 aliphatic heterocycles. The summed E-state index contributed by atoms with van der Waals surface area (Å²) in [6.07, 6.45) is 2.79. The van der Waals surface area contributed by atoms with Gasteiger partial charge in [0.15, 0.2) is 0 Å². The van der Waals surface area contributed by atoms with Crippen LogP contribution in [-0.2, 0) is 11.3 Å². The summed E-state index contributed by atoms with van der Waals surface area (Å²) < 4.78 is 13.4. The molecule has 0 spiro atoms. The van der Waals surface area contributed by atoms with Gasteiger partial charge < -0.3 is 9.80 Å². The zero-order chi connectivity index (χ0) is 22.9. The second-order valence-corrected chi connectivity index (χ2v) is 8.85. The molecule has 2 aromatic carbocycles. The summed E-state index contributed by atoms with van der Waals surface area (Å²) in [6, 6.07) is 17.8. The van der Waals surface area contributed by atoms with E-state index in [-0.39, 0.29) is 30.2 Å². The molecule has 1 saturated heterocycles. The molecule has 5 nitrogen and oxygen atoms in total. The van der Waals surface area contributed by atoms with E-state index in [2.05, 4.69) is 0 Å². The lowest BCUT2D eigenvalue weighted by molar-refractivity contribution is -0.135. The lowest BCUT2D eigenvalue weighted by Crippen LogP contribution is -2.44. The van der Waals surface area contributed by atoms with Crippen LogP contribution in [0.1, 0.15) is 52.6 Å². The average molecular weight is 444 g/mol. The molecule has 1 aromatic heterocycles. The molecular formula is C27H26FN3O2. The Kier molecular flexibility index (Phi) is 5.67. The van der Waals surface area contributed by atoms with E-state index < -0.39 is 0 Å². The van der Waals surface area contributed by atoms with Gasteiger partial charge >= 0.3 is 0 Å². The van der Waals surface area contributed by atoms with Gasteiger partial charge in [0.05, 0.1) is 11.7 Å². The molecule has 2 amide bonds. The van der Waals surface area contributed by atoms with Crippen LogP contribution in [0.5, 0.6) is 0 Å². The number of piperidine rings is 1. The zero-order valence-electron chi connectivity index (χ0n) is 18.6. The quantitative estimate of drug-likeness (QED) is 0.576. The van der Waals surface area contributed by atoms with E-state index >= 15 is 0 Å². The van der Waals surface area contributed by atoms with Crippen molar-refractivity contribution in [1.82, 2.24) is 14.8 Å². The summed E-state index contributed by atoms with van der Waals surface area (Å²) in [5.41, 5.74) is 5.23. The second-order valence-electron chi connectivity index (χ2n) is 8.85. The first-order chi connectivity index (χ1) is 16.0. The summed E-state index contributed by atoms with van der Waals surface area (Å²) in [6.45, 7) is 3.13. The topological polar surface area (TPSA) is 53.5 Å². The first kappa shape index (κ1) is 21.3. The highest BCUT2D eigenvalue weighted by Crippen LogP contribution is 2.33. The maximum atomic E-state index is 13.4. The van der Waals surface area contributed by atoms with Crippen LogP contribution in [0.3, 0.4) is 0 Å². The molecule has 33 heavy (non-hydrogen) atoms. The number of rotatable bonds is 4. The Balaban J connectivity index is 1.38. The Morgan fingerprint density at radius 3 is 2.64 bits per heavy atom. The zero-order valence-corrected chi connectivity index (χ0v) is 18.6. The van der Waals surface area contributed by atoms with Crippen molar-refractivity contribution in [3.05, 3.63) is 89.0 Å². The number of benzene rings is 2. The van der Waals surface area contributed by atoms with Gasteiger partial charge in [-0.05, 0) is 73.2 Å². The number of aryl methyl sites for hydroxylation is 1. The minimum absolute atomic E-state index is 0.0486. The van der Waals surface area contributed by atoms with Crippen molar-refractivity contribution in [2.45, 2.75) is 38.8 Å². The van der Waals surface area contributed by atoms with Gasteiger partial charge in [-0.25, -0.2) is 4.39 Å². The van der Waals surface area contributed by atoms with E-state index in [1.165, 1.54) is 12.1 Å². The van der Waals surface area contributed by atoms with Gasteiger partial charge in [0, 0.05) is 24.3 Å². The van der Waals surface area contributed by atoms with Crippen molar-refractivity contribution in [1.29, 1.82) is 0 Å². The molecule has 168 valence electrons. The third-order valence-electron chi connectivity index (χ3n) is 6.54. The number of fused-ring (bicyclic) bond motifs is 1. The van der Waals surface area contributed by atoms with Gasteiger partial charge in [0.25, 0.3) is 5.91 Å². The molecule has 3 heterocycles. The molecule has 1 fully saturated rings. The average Bonchev–Trinajstić information content (AvgIpc) is 3.14. The van der Waals surface area contributed by atoms with Crippen LogP contribution in [0.15, 0.2) is 60.7 Å². The lowest BCUT2D eigenvalue weighted by Gasteiger charge is -2.36. The molecule has 6 heteroatoms. The fourth-order valence-electron chi connectivity index (χ4n) is 4.91. The Morgan fingerprint density at radius 2 is 1.85 bits per heavy atom. The van der Waals surface area contributed by atoms with E-state index in [1.54, 1.807) is 17.0 Å². The van der Waals surface area contributed by atoms with Gasteiger partial charge in [-0.15, -0.1) is 0 Å². The summed E-state index contributed by atoms with van der Waals surface area (Å²) >= 11 is 0. The number of carbonyl (C=O) groups excluding carboxylic acids is 2. The predicted molar refractivity (Wildman–Crippen MR) is 124 cm³/mol. The number of nitrogens with zero attached hydrogens (tertiary/aromatic N) is 3. The van der Waals surface area contributed by atoms with E-state index in [1.807, 2.05) is 48.2 Å². The number of amides is 2. The molecule has 0 radical (unpaired) electrons. The lowest BCUT2D eigenvalue weighted by atomic mass is 9.96. The Bertz CT molecular complexity index is 1210. The third kappa shape index (κ3) is 4.25. The van der Waals surface area contributed by atoms with Crippen molar-refractivity contribution in [3.63, 3.8) is 0 Å². The first-order valence-corrected chi connectivity index (χ1v) is 11.4. The monoisotopic (exact) mass is 443 g/mol. The number of likely N-dealkylation sites (tertiary alicyclic amines) is 1. The first-order valence-electron chi connectivity index (χ1n) is 11.4. The van der Waals surface area contributed by atoms with Crippen molar-refractivity contribution >= 4 is 11.8 Å². The summed E-state index contributed by atoms with van der Waals surface area (Å²) in [4.78, 5) is 34.4. The van der Waals surface area contributed by atoms with E-state index in [0.717, 1.165) is 47.3 Å². The minimum atomic E-state index is -0.271. The van der Waals surface area contributed by atoms with Crippen LogP contribution in [0.4, 0.5) is 4.39 Å². The number of hydrogen-bond donors (Lipinski definition) is 0. The van der Waals surface area contributed by atoms with Crippen molar-refractivity contribution < 1.29 is 14.0 Å². The fraction of sp³-hybridized carbons (Fsp3) is 0.296. The summed E-state index contributed by atoms with van der Waals surface area (Å²) in [5, 5.41) is 0. The van der Waals surface area contributed by atoms with Crippen molar-refractivity contribution in [2.75, 3.05) is 13.1 Å². The molecule has 3 aromatic rings. The Hall–Kier alpha value is -3.54. The molecule has 1 atom stereocenters. The van der Waals surface area contributed by atoms with Crippen LogP contribution >= 0.6 is 0 Å². The highest BCUT2D eigenvalue weighted by Gasteiger charge is 2.33. The molecular weight excluding hydrogens is 417 g/mol. The van der Waals surface area contributed by atoms with Crippen molar-refractivity contribution in [2.24, 2.45) is 0 Å². The minimum Gasteiger partial charge on any atom is -0.333 e. The molecule has 0 N–H and O–H groups in total. The van der Waals surface area contributed by atoms with Crippen LogP contribution in [0, 0.1) is 12.7 Å². The van der Waals surface area contributed by atoms with Crippen LogP contribution < -0.4 is 0 Å². The predicted octanol–water partition coefficient (Wildman–Crippen LogP) is 4.91. The van der Waals surface area contributed by atoms with Gasteiger partial charge in [-0.3, -0.25) is 14.6 Å². The van der Waals surface area contributed by atoms with E-state index in [9.17, 15) is 14.0 Å². The van der Waals surface area contributed by atoms with Gasteiger partial charge in [0.1, 0.15) is 12.4 Å². The van der Waals surface area contributed by atoms with E-state index in [4.69, 9.17) is 4.98 Å². The maximum absolute atomic E-state index is 13.4. The highest BCUT2D eigenvalue weighted by atomic mass is 19.1. The van der Waals surface area contributed by atoms with Crippen LogP contribution in [0.25, 0.3) is 11.1 Å². The Labute approximate surface area is 192 Å². The molecule has 0 aliphatic carbocycles. The number of aromatic nitrogens is 1. The number of pyridine rings is 1. The molecule has 1 unspecified atom stereocenters. The maximum Gasteiger partial charge on any atom is 0.254 e. The third-order valence-corrected chi connectivity index (χ3v) is 6.54. The number of carbonyl (C=O) groups is 2. The summed E-state index contributed by atoms with van der Waals surface area (Å²) in [5.74, 6) is -0.403. The second kappa shape index (κ2) is 8.77. The smallest absolute Gasteiger partial charge is 0.254 e. The molecule has 5 rings (SSSR count).